The molecule has 1 heterocycles. The Morgan fingerprint density at radius 2 is 2.00 bits per heavy atom. The third-order valence-corrected chi connectivity index (χ3v) is 2.68. The SMILES string of the molecule is CCNCc1cnn(-c2ccccc2)c1C. The van der Waals surface area contributed by atoms with Crippen LogP contribution in [0.25, 0.3) is 5.69 Å². The van der Waals surface area contributed by atoms with Crippen LogP contribution in [0.3, 0.4) is 0 Å². The Morgan fingerprint density at radius 1 is 1.25 bits per heavy atom. The molecule has 0 saturated carbocycles. The molecule has 0 unspecified atom stereocenters. The summed E-state index contributed by atoms with van der Waals surface area (Å²) in [7, 11) is 0. The van der Waals surface area contributed by atoms with E-state index >= 15 is 0 Å². The Morgan fingerprint density at radius 3 is 2.69 bits per heavy atom. The lowest BCUT2D eigenvalue weighted by atomic mass is 10.2. The molecular formula is C13H17N3. The molecule has 0 aliphatic rings. The number of nitrogens with one attached hydrogen (secondary N) is 1. The monoisotopic (exact) mass is 215 g/mol. The van der Waals surface area contributed by atoms with Gasteiger partial charge in [0, 0.05) is 17.8 Å². The molecule has 0 aliphatic carbocycles. The van der Waals surface area contributed by atoms with Gasteiger partial charge in [0.25, 0.3) is 0 Å². The van der Waals surface area contributed by atoms with Crippen LogP contribution in [0.4, 0.5) is 0 Å². The minimum Gasteiger partial charge on any atom is -0.313 e. The summed E-state index contributed by atoms with van der Waals surface area (Å²) in [4.78, 5) is 0. The van der Waals surface area contributed by atoms with E-state index < -0.39 is 0 Å². The molecule has 1 N–H and O–H groups in total. The molecule has 3 nitrogen and oxygen atoms in total. The maximum Gasteiger partial charge on any atom is 0.0648 e. The van der Waals surface area contributed by atoms with Crippen LogP contribution in [0.5, 0.6) is 0 Å². The summed E-state index contributed by atoms with van der Waals surface area (Å²) in [5.41, 5.74) is 3.57. The molecule has 0 radical (unpaired) electrons. The van der Waals surface area contributed by atoms with Crippen LogP contribution < -0.4 is 5.32 Å². The minimum absolute atomic E-state index is 0.884. The smallest absolute Gasteiger partial charge is 0.0648 e. The van der Waals surface area contributed by atoms with Gasteiger partial charge in [0.05, 0.1) is 11.9 Å². The summed E-state index contributed by atoms with van der Waals surface area (Å²) < 4.78 is 1.98. The highest BCUT2D eigenvalue weighted by Crippen LogP contribution is 2.13. The van der Waals surface area contributed by atoms with Crippen LogP contribution in [0.1, 0.15) is 18.2 Å². The fourth-order valence-corrected chi connectivity index (χ4v) is 1.71. The van der Waals surface area contributed by atoms with Crippen molar-refractivity contribution in [1.29, 1.82) is 0 Å². The third kappa shape index (κ3) is 2.14. The number of rotatable bonds is 4. The number of benzene rings is 1. The van der Waals surface area contributed by atoms with Gasteiger partial charge in [-0.1, -0.05) is 25.1 Å². The molecule has 0 atom stereocenters. The molecule has 3 heteroatoms. The van der Waals surface area contributed by atoms with E-state index in [1.807, 2.05) is 29.1 Å². The Bertz CT molecular complexity index is 445. The summed E-state index contributed by atoms with van der Waals surface area (Å²) >= 11 is 0. The zero-order valence-corrected chi connectivity index (χ0v) is 9.77. The fourth-order valence-electron chi connectivity index (χ4n) is 1.71. The molecule has 16 heavy (non-hydrogen) atoms. The summed E-state index contributed by atoms with van der Waals surface area (Å²) in [6, 6.07) is 10.2. The van der Waals surface area contributed by atoms with E-state index in [9.17, 15) is 0 Å². The van der Waals surface area contributed by atoms with Gasteiger partial charge >= 0.3 is 0 Å². The van der Waals surface area contributed by atoms with Gasteiger partial charge in [0.2, 0.25) is 0 Å². The largest absolute Gasteiger partial charge is 0.313 e. The van der Waals surface area contributed by atoms with Gasteiger partial charge in [-0.05, 0) is 25.6 Å². The first-order valence-corrected chi connectivity index (χ1v) is 5.62. The van der Waals surface area contributed by atoms with E-state index in [1.54, 1.807) is 0 Å². The summed E-state index contributed by atoms with van der Waals surface area (Å²) in [6.45, 7) is 6.08. The molecular weight excluding hydrogens is 198 g/mol. The fraction of sp³-hybridized carbons (Fsp3) is 0.308. The molecule has 0 fully saturated rings. The molecule has 0 aliphatic heterocycles. The number of aromatic nitrogens is 2. The maximum atomic E-state index is 4.42. The van der Waals surface area contributed by atoms with Gasteiger partial charge in [0.15, 0.2) is 0 Å². The topological polar surface area (TPSA) is 29.9 Å². The van der Waals surface area contributed by atoms with Crippen LogP contribution >= 0.6 is 0 Å². The second-order valence-electron chi connectivity index (χ2n) is 3.78. The first-order chi connectivity index (χ1) is 7.83. The predicted molar refractivity (Wildman–Crippen MR) is 65.7 cm³/mol. The van der Waals surface area contributed by atoms with Crippen LogP contribution in [0.2, 0.25) is 0 Å². The lowest BCUT2D eigenvalue weighted by molar-refractivity contribution is 0.721. The van der Waals surface area contributed by atoms with E-state index in [0.29, 0.717) is 0 Å². The van der Waals surface area contributed by atoms with E-state index in [1.165, 1.54) is 11.3 Å². The molecule has 0 bridgehead atoms. The van der Waals surface area contributed by atoms with Crippen molar-refractivity contribution >= 4 is 0 Å². The minimum atomic E-state index is 0.884. The molecule has 0 spiro atoms. The van der Waals surface area contributed by atoms with Crippen molar-refractivity contribution in [1.82, 2.24) is 15.1 Å². The summed E-state index contributed by atoms with van der Waals surface area (Å²) in [5, 5.41) is 7.73. The quantitative estimate of drug-likeness (QED) is 0.848. The van der Waals surface area contributed by atoms with Crippen LogP contribution in [-0.4, -0.2) is 16.3 Å². The van der Waals surface area contributed by atoms with Gasteiger partial charge in [0.1, 0.15) is 0 Å². The van der Waals surface area contributed by atoms with Gasteiger partial charge < -0.3 is 5.32 Å². The zero-order valence-electron chi connectivity index (χ0n) is 9.77. The predicted octanol–water partition coefficient (Wildman–Crippen LogP) is 2.29. The Kier molecular flexibility index (Phi) is 3.37. The van der Waals surface area contributed by atoms with Gasteiger partial charge in [-0.2, -0.15) is 5.10 Å². The number of hydrogen-bond acceptors (Lipinski definition) is 2. The normalized spacial score (nSPS) is 10.6. The van der Waals surface area contributed by atoms with Gasteiger partial charge in [-0.15, -0.1) is 0 Å². The number of para-hydroxylation sites is 1. The van der Waals surface area contributed by atoms with E-state index in [-0.39, 0.29) is 0 Å². The van der Waals surface area contributed by atoms with Crippen molar-refractivity contribution < 1.29 is 0 Å². The van der Waals surface area contributed by atoms with Crippen molar-refractivity contribution in [2.24, 2.45) is 0 Å². The van der Waals surface area contributed by atoms with Crippen LogP contribution in [-0.2, 0) is 6.54 Å². The average Bonchev–Trinajstić information content (AvgIpc) is 2.69. The van der Waals surface area contributed by atoms with E-state index in [2.05, 4.69) is 36.4 Å². The molecule has 1 aromatic carbocycles. The third-order valence-electron chi connectivity index (χ3n) is 2.68. The number of hydrogen-bond donors (Lipinski definition) is 1. The lowest BCUT2D eigenvalue weighted by Gasteiger charge is -2.05. The first-order valence-electron chi connectivity index (χ1n) is 5.62. The lowest BCUT2D eigenvalue weighted by Crippen LogP contribution is -2.12. The second-order valence-corrected chi connectivity index (χ2v) is 3.78. The molecule has 1 aromatic heterocycles. The second kappa shape index (κ2) is 4.94. The average molecular weight is 215 g/mol. The molecule has 0 amide bonds. The highest BCUT2D eigenvalue weighted by atomic mass is 15.3. The van der Waals surface area contributed by atoms with Crippen molar-refractivity contribution in [3.63, 3.8) is 0 Å². The zero-order chi connectivity index (χ0) is 11.4. The van der Waals surface area contributed by atoms with E-state index in [4.69, 9.17) is 0 Å². The highest BCUT2D eigenvalue weighted by Gasteiger charge is 2.06. The molecule has 2 rings (SSSR count). The molecule has 2 aromatic rings. The van der Waals surface area contributed by atoms with Gasteiger partial charge in [-0.25, -0.2) is 4.68 Å². The Hall–Kier alpha value is -1.61. The standard InChI is InChI=1S/C13H17N3/c1-3-14-9-12-10-15-16(11(12)2)13-7-5-4-6-8-13/h4-8,10,14H,3,9H2,1-2H3. The van der Waals surface area contributed by atoms with Crippen molar-refractivity contribution in [3.8, 4) is 5.69 Å². The molecule has 84 valence electrons. The number of nitrogens with zero attached hydrogens (tertiary/aromatic N) is 2. The summed E-state index contributed by atoms with van der Waals surface area (Å²) in [6.07, 6.45) is 1.94. The van der Waals surface area contributed by atoms with Gasteiger partial charge in [-0.3, -0.25) is 0 Å². The van der Waals surface area contributed by atoms with Crippen molar-refractivity contribution in [2.45, 2.75) is 20.4 Å². The Balaban J connectivity index is 2.27. The van der Waals surface area contributed by atoms with Crippen molar-refractivity contribution in [3.05, 3.63) is 47.8 Å². The maximum absolute atomic E-state index is 4.42. The Labute approximate surface area is 96.1 Å². The van der Waals surface area contributed by atoms with Crippen molar-refractivity contribution in [2.75, 3.05) is 6.54 Å². The highest BCUT2D eigenvalue weighted by molar-refractivity contribution is 5.34. The first kappa shape index (κ1) is 10.9. The summed E-state index contributed by atoms with van der Waals surface area (Å²) in [5.74, 6) is 0. The van der Waals surface area contributed by atoms with Crippen LogP contribution in [0, 0.1) is 6.92 Å². The molecule has 0 saturated heterocycles. The van der Waals surface area contributed by atoms with Crippen LogP contribution in [0.15, 0.2) is 36.5 Å². The van der Waals surface area contributed by atoms with E-state index in [0.717, 1.165) is 18.8 Å².